The number of hydrazone groups is 1. The molecule has 28 heavy (non-hydrogen) atoms. The summed E-state index contributed by atoms with van der Waals surface area (Å²) in [6, 6.07) is 12.9. The lowest BCUT2D eigenvalue weighted by molar-refractivity contribution is -0.118. The highest BCUT2D eigenvalue weighted by Gasteiger charge is 2.08. The second kappa shape index (κ2) is 9.86. The molecule has 2 heterocycles. The fourth-order valence-electron chi connectivity index (χ4n) is 2.12. The Morgan fingerprint density at radius 2 is 2.07 bits per heavy atom. The number of aromatic nitrogens is 4. The topological polar surface area (TPSA) is 108 Å². The van der Waals surface area contributed by atoms with E-state index >= 15 is 0 Å². The number of benzene rings is 1. The Balaban J connectivity index is 1.44. The van der Waals surface area contributed by atoms with Gasteiger partial charge in [0.05, 0.1) is 17.2 Å². The van der Waals surface area contributed by atoms with E-state index < -0.39 is 0 Å². The number of pyridine rings is 1. The fraction of sp³-hybridized carbons (Fsp3) is 0.167. The first-order valence-electron chi connectivity index (χ1n) is 8.38. The van der Waals surface area contributed by atoms with Gasteiger partial charge in [-0.3, -0.25) is 9.78 Å². The number of nitrogens with zero attached hydrogens (tertiary/aromatic N) is 4. The van der Waals surface area contributed by atoms with Crippen LogP contribution in [0.15, 0.2) is 58.9 Å². The summed E-state index contributed by atoms with van der Waals surface area (Å²) in [6.07, 6.45) is 1.70. The van der Waals surface area contributed by atoms with Crippen LogP contribution < -0.4 is 10.7 Å². The molecule has 2 aromatic heterocycles. The van der Waals surface area contributed by atoms with Gasteiger partial charge in [0.1, 0.15) is 0 Å². The van der Waals surface area contributed by atoms with Crippen molar-refractivity contribution in [2.24, 2.45) is 5.10 Å². The average molecular weight is 416 g/mol. The van der Waals surface area contributed by atoms with Gasteiger partial charge in [-0.15, -0.1) is 5.10 Å². The van der Waals surface area contributed by atoms with E-state index in [0.717, 1.165) is 11.3 Å². The molecule has 10 heteroatoms. The van der Waals surface area contributed by atoms with Crippen LogP contribution in [0.25, 0.3) is 0 Å². The Hall–Kier alpha value is -2.91. The third-order valence-electron chi connectivity index (χ3n) is 3.57. The van der Waals surface area contributed by atoms with E-state index in [9.17, 15) is 4.79 Å². The molecule has 0 fully saturated rings. The molecule has 0 saturated heterocycles. The Morgan fingerprint density at radius 3 is 2.82 bits per heavy atom. The molecule has 1 amide bonds. The first-order valence-corrected chi connectivity index (χ1v) is 9.74. The van der Waals surface area contributed by atoms with Crippen LogP contribution in [0, 0.1) is 0 Å². The zero-order chi connectivity index (χ0) is 19.8. The molecule has 0 aliphatic rings. The minimum atomic E-state index is -0.108. The molecule has 0 spiro atoms. The van der Waals surface area contributed by atoms with Gasteiger partial charge < -0.3 is 5.32 Å². The van der Waals surface area contributed by atoms with Gasteiger partial charge in [0.15, 0.2) is 0 Å². The lowest BCUT2D eigenvalue weighted by Gasteiger charge is -2.04. The summed E-state index contributed by atoms with van der Waals surface area (Å²) in [7, 11) is 0. The molecular formula is C18H18ClN7OS. The number of H-pyrrole nitrogens is 1. The summed E-state index contributed by atoms with van der Waals surface area (Å²) in [6.45, 7) is 2.28. The van der Waals surface area contributed by atoms with Crippen molar-refractivity contribution in [2.75, 3.05) is 11.2 Å². The number of amides is 1. The van der Waals surface area contributed by atoms with Crippen molar-refractivity contribution in [1.29, 1.82) is 0 Å². The molecule has 0 atom stereocenters. The number of carbonyl (C=O) groups excluding carboxylic acids is 1. The number of thioether (sulfide) groups is 1. The van der Waals surface area contributed by atoms with Crippen LogP contribution in [0.1, 0.15) is 18.2 Å². The van der Waals surface area contributed by atoms with Crippen LogP contribution in [0.5, 0.6) is 0 Å². The molecule has 0 bridgehead atoms. The van der Waals surface area contributed by atoms with Crippen molar-refractivity contribution in [3.05, 3.63) is 64.9 Å². The molecule has 144 valence electrons. The number of rotatable bonds is 8. The first kappa shape index (κ1) is 19.8. The molecule has 3 rings (SSSR count). The molecule has 0 aliphatic heterocycles. The van der Waals surface area contributed by atoms with Crippen LogP contribution >= 0.6 is 23.4 Å². The van der Waals surface area contributed by atoms with E-state index in [-0.39, 0.29) is 11.7 Å². The zero-order valence-electron chi connectivity index (χ0n) is 15.0. The summed E-state index contributed by atoms with van der Waals surface area (Å²) >= 11 is 7.07. The van der Waals surface area contributed by atoms with E-state index in [1.54, 1.807) is 18.3 Å². The third-order valence-corrected chi connectivity index (χ3v) is 4.66. The fourth-order valence-corrected chi connectivity index (χ4v) is 2.87. The highest BCUT2D eigenvalue weighted by atomic mass is 35.5. The maximum absolute atomic E-state index is 12.0. The van der Waals surface area contributed by atoms with Gasteiger partial charge in [0, 0.05) is 17.8 Å². The lowest BCUT2D eigenvalue weighted by Crippen LogP contribution is -2.24. The molecule has 0 radical (unpaired) electrons. The second-order valence-corrected chi connectivity index (χ2v) is 7.06. The van der Waals surface area contributed by atoms with Gasteiger partial charge in [-0.05, 0) is 36.8 Å². The Bertz CT molecular complexity index is 944. The van der Waals surface area contributed by atoms with E-state index in [0.29, 0.717) is 28.4 Å². The smallest absolute Gasteiger partial charge is 0.240 e. The SMILES string of the molecule is C/C(=N\Nc1nc(SCC(=O)NCc2ccc(Cl)cc2)n[nH]1)c1ccccn1. The predicted molar refractivity (Wildman–Crippen MR) is 110 cm³/mol. The number of anilines is 1. The van der Waals surface area contributed by atoms with Crippen molar-refractivity contribution in [3.63, 3.8) is 0 Å². The molecule has 3 N–H and O–H groups in total. The number of halogens is 1. The van der Waals surface area contributed by atoms with Crippen LogP contribution in [0.4, 0.5) is 5.95 Å². The van der Waals surface area contributed by atoms with Crippen LogP contribution in [-0.4, -0.2) is 37.5 Å². The lowest BCUT2D eigenvalue weighted by atomic mass is 10.2. The Kier molecular flexibility index (Phi) is 6.99. The van der Waals surface area contributed by atoms with Crippen LogP contribution in [0.3, 0.4) is 0 Å². The standard InChI is InChI=1S/C18H18ClN7OS/c1-12(15-4-2-3-9-20-15)23-24-17-22-18(26-25-17)28-11-16(27)21-10-13-5-7-14(19)8-6-13/h2-9H,10-11H2,1H3,(H,21,27)(H2,22,24,25,26)/b23-12+. The van der Waals surface area contributed by atoms with Gasteiger partial charge >= 0.3 is 0 Å². The normalized spacial score (nSPS) is 11.3. The van der Waals surface area contributed by atoms with E-state index in [2.05, 4.69) is 36.0 Å². The molecule has 3 aromatic rings. The number of hydrogen-bond donors (Lipinski definition) is 3. The summed E-state index contributed by atoms with van der Waals surface area (Å²) in [4.78, 5) is 20.4. The van der Waals surface area contributed by atoms with Gasteiger partial charge in [0.25, 0.3) is 0 Å². The molecular weight excluding hydrogens is 398 g/mol. The van der Waals surface area contributed by atoms with E-state index in [1.807, 2.05) is 37.3 Å². The number of nitrogens with one attached hydrogen (secondary N) is 3. The predicted octanol–water partition coefficient (Wildman–Crippen LogP) is 3.10. The average Bonchev–Trinajstić information content (AvgIpc) is 3.18. The highest BCUT2D eigenvalue weighted by Crippen LogP contribution is 2.14. The molecule has 0 unspecified atom stereocenters. The number of aromatic amines is 1. The highest BCUT2D eigenvalue weighted by molar-refractivity contribution is 7.99. The number of carbonyl (C=O) groups is 1. The van der Waals surface area contributed by atoms with Crippen molar-refractivity contribution in [2.45, 2.75) is 18.6 Å². The molecule has 8 nitrogen and oxygen atoms in total. The number of hydrogen-bond acceptors (Lipinski definition) is 7. The maximum Gasteiger partial charge on any atom is 0.240 e. The quantitative estimate of drug-likeness (QED) is 0.296. The van der Waals surface area contributed by atoms with Crippen molar-refractivity contribution >= 4 is 40.9 Å². The summed E-state index contributed by atoms with van der Waals surface area (Å²) in [5, 5.41) is 15.0. The van der Waals surface area contributed by atoms with Crippen molar-refractivity contribution < 1.29 is 4.79 Å². The second-order valence-electron chi connectivity index (χ2n) is 5.68. The third kappa shape index (κ3) is 6.07. The Labute approximate surface area is 171 Å². The van der Waals surface area contributed by atoms with Gasteiger partial charge in [-0.2, -0.15) is 10.1 Å². The van der Waals surface area contributed by atoms with Crippen molar-refractivity contribution in [1.82, 2.24) is 25.5 Å². The van der Waals surface area contributed by atoms with E-state index in [1.165, 1.54) is 11.8 Å². The van der Waals surface area contributed by atoms with Crippen molar-refractivity contribution in [3.8, 4) is 0 Å². The Morgan fingerprint density at radius 1 is 1.25 bits per heavy atom. The van der Waals surface area contributed by atoms with E-state index in [4.69, 9.17) is 11.6 Å². The monoisotopic (exact) mass is 415 g/mol. The zero-order valence-corrected chi connectivity index (χ0v) is 16.6. The summed E-state index contributed by atoms with van der Waals surface area (Å²) in [5.74, 6) is 0.490. The van der Waals surface area contributed by atoms with Crippen LogP contribution in [0.2, 0.25) is 5.02 Å². The summed E-state index contributed by atoms with van der Waals surface area (Å²) < 4.78 is 0. The minimum Gasteiger partial charge on any atom is -0.351 e. The molecule has 0 aliphatic carbocycles. The minimum absolute atomic E-state index is 0.108. The van der Waals surface area contributed by atoms with Gasteiger partial charge in [0.2, 0.25) is 17.0 Å². The maximum atomic E-state index is 12.0. The first-order chi connectivity index (χ1) is 13.6. The largest absolute Gasteiger partial charge is 0.351 e. The molecule has 1 aromatic carbocycles. The van der Waals surface area contributed by atoms with Crippen LogP contribution in [-0.2, 0) is 11.3 Å². The van der Waals surface area contributed by atoms with Gasteiger partial charge in [-0.25, -0.2) is 10.5 Å². The molecule has 0 saturated carbocycles. The van der Waals surface area contributed by atoms with Gasteiger partial charge in [-0.1, -0.05) is 41.6 Å². The summed E-state index contributed by atoms with van der Waals surface area (Å²) in [5.41, 5.74) is 5.26.